The predicted octanol–water partition coefficient (Wildman–Crippen LogP) is 3.49. The third-order valence-corrected chi connectivity index (χ3v) is 2.57. The minimum Gasteiger partial charge on any atom is -0.354 e. The predicted molar refractivity (Wildman–Crippen MR) is 75.2 cm³/mol. The second-order valence-corrected chi connectivity index (χ2v) is 4.30. The lowest BCUT2D eigenvalue weighted by Gasteiger charge is -2.09. The molecule has 0 radical (unpaired) electrons. The lowest BCUT2D eigenvalue weighted by Crippen LogP contribution is -2.05. The highest BCUT2D eigenvalue weighted by molar-refractivity contribution is 5.58. The number of benzene rings is 1. The third-order valence-electron chi connectivity index (χ3n) is 2.57. The molecule has 2 N–H and O–H groups in total. The van der Waals surface area contributed by atoms with Gasteiger partial charge in [0.2, 0.25) is 5.95 Å². The fourth-order valence-electron chi connectivity index (χ4n) is 1.62. The first-order chi connectivity index (χ1) is 9.19. The maximum absolute atomic E-state index is 13.6. The topological polar surface area (TPSA) is 49.8 Å². The van der Waals surface area contributed by atoms with Gasteiger partial charge in [0.05, 0.1) is 5.69 Å². The van der Waals surface area contributed by atoms with Crippen LogP contribution in [0.4, 0.5) is 21.8 Å². The summed E-state index contributed by atoms with van der Waals surface area (Å²) in [6, 6.07) is 6.62. The normalized spacial score (nSPS) is 10.3. The van der Waals surface area contributed by atoms with Gasteiger partial charge in [-0.2, -0.15) is 4.98 Å². The van der Waals surface area contributed by atoms with Crippen molar-refractivity contribution in [3.05, 3.63) is 41.8 Å². The minimum atomic E-state index is -0.299. The van der Waals surface area contributed by atoms with Crippen LogP contribution in [-0.4, -0.2) is 16.5 Å². The molecule has 19 heavy (non-hydrogen) atoms. The summed E-state index contributed by atoms with van der Waals surface area (Å²) in [6.07, 6.45) is 2.63. The number of hydrogen-bond donors (Lipinski definition) is 2. The van der Waals surface area contributed by atoms with E-state index in [1.165, 1.54) is 6.07 Å². The number of halogens is 1. The van der Waals surface area contributed by atoms with Crippen LogP contribution >= 0.6 is 0 Å². The number of aryl methyl sites for hydroxylation is 1. The standard InChI is InChI=1S/C14H17FN4/c1-3-7-16-14-17-8-6-13(19-14)18-12-9-10(2)4-5-11(12)15/h4-6,8-9H,3,7H2,1-2H3,(H2,16,17,18,19). The van der Waals surface area contributed by atoms with Crippen LogP contribution in [-0.2, 0) is 0 Å². The van der Waals surface area contributed by atoms with E-state index in [9.17, 15) is 4.39 Å². The van der Waals surface area contributed by atoms with E-state index in [1.54, 1.807) is 24.4 Å². The zero-order chi connectivity index (χ0) is 13.7. The van der Waals surface area contributed by atoms with Crippen molar-refractivity contribution < 1.29 is 4.39 Å². The summed E-state index contributed by atoms with van der Waals surface area (Å²) in [5.41, 5.74) is 1.41. The van der Waals surface area contributed by atoms with Crippen molar-refractivity contribution >= 4 is 17.5 Å². The van der Waals surface area contributed by atoms with Gasteiger partial charge in [0, 0.05) is 12.7 Å². The molecule has 0 atom stereocenters. The van der Waals surface area contributed by atoms with Gasteiger partial charge >= 0.3 is 0 Å². The maximum Gasteiger partial charge on any atom is 0.224 e. The largest absolute Gasteiger partial charge is 0.354 e. The fraction of sp³-hybridized carbons (Fsp3) is 0.286. The molecule has 0 aliphatic carbocycles. The Morgan fingerprint density at radius 3 is 2.89 bits per heavy atom. The Labute approximate surface area is 112 Å². The van der Waals surface area contributed by atoms with E-state index in [4.69, 9.17) is 0 Å². The van der Waals surface area contributed by atoms with Crippen molar-refractivity contribution in [2.45, 2.75) is 20.3 Å². The second-order valence-electron chi connectivity index (χ2n) is 4.30. The molecule has 0 fully saturated rings. The Balaban J connectivity index is 2.16. The van der Waals surface area contributed by atoms with E-state index in [1.807, 2.05) is 6.92 Å². The van der Waals surface area contributed by atoms with Crippen molar-refractivity contribution in [2.24, 2.45) is 0 Å². The minimum absolute atomic E-state index is 0.299. The molecule has 0 unspecified atom stereocenters. The van der Waals surface area contributed by atoms with E-state index in [0.29, 0.717) is 17.5 Å². The van der Waals surface area contributed by atoms with Crippen molar-refractivity contribution in [1.29, 1.82) is 0 Å². The van der Waals surface area contributed by atoms with Crippen LogP contribution in [0.3, 0.4) is 0 Å². The molecule has 1 aromatic heterocycles. The summed E-state index contributed by atoms with van der Waals surface area (Å²) in [5.74, 6) is 0.810. The van der Waals surface area contributed by atoms with Crippen molar-refractivity contribution in [3.63, 3.8) is 0 Å². The Morgan fingerprint density at radius 2 is 2.11 bits per heavy atom. The molecule has 5 heteroatoms. The molecule has 0 bridgehead atoms. The number of rotatable bonds is 5. The first-order valence-electron chi connectivity index (χ1n) is 6.29. The van der Waals surface area contributed by atoms with E-state index >= 15 is 0 Å². The summed E-state index contributed by atoms with van der Waals surface area (Å²) in [7, 11) is 0. The molecule has 0 saturated carbocycles. The van der Waals surface area contributed by atoms with Gasteiger partial charge in [0.1, 0.15) is 11.6 Å². The van der Waals surface area contributed by atoms with E-state index in [2.05, 4.69) is 27.5 Å². The maximum atomic E-state index is 13.6. The van der Waals surface area contributed by atoms with Crippen molar-refractivity contribution in [2.75, 3.05) is 17.2 Å². The summed E-state index contributed by atoms with van der Waals surface area (Å²) in [6.45, 7) is 4.79. The molecule has 4 nitrogen and oxygen atoms in total. The summed E-state index contributed by atoms with van der Waals surface area (Å²) in [4.78, 5) is 8.38. The molecule has 0 amide bonds. The van der Waals surface area contributed by atoms with Gasteiger partial charge in [-0.25, -0.2) is 9.37 Å². The van der Waals surface area contributed by atoms with Gasteiger partial charge in [-0.05, 0) is 37.1 Å². The Morgan fingerprint density at radius 1 is 1.26 bits per heavy atom. The highest BCUT2D eigenvalue weighted by atomic mass is 19.1. The summed E-state index contributed by atoms with van der Waals surface area (Å²) >= 11 is 0. The van der Waals surface area contributed by atoms with Gasteiger partial charge in [-0.1, -0.05) is 13.0 Å². The van der Waals surface area contributed by atoms with Gasteiger partial charge in [0.25, 0.3) is 0 Å². The van der Waals surface area contributed by atoms with Gasteiger partial charge in [-0.15, -0.1) is 0 Å². The first-order valence-corrected chi connectivity index (χ1v) is 6.29. The highest BCUT2D eigenvalue weighted by Crippen LogP contribution is 2.20. The summed E-state index contributed by atoms with van der Waals surface area (Å²) < 4.78 is 13.6. The smallest absolute Gasteiger partial charge is 0.224 e. The quantitative estimate of drug-likeness (QED) is 0.864. The zero-order valence-electron chi connectivity index (χ0n) is 11.1. The number of hydrogen-bond acceptors (Lipinski definition) is 4. The highest BCUT2D eigenvalue weighted by Gasteiger charge is 2.04. The third kappa shape index (κ3) is 3.64. The lowest BCUT2D eigenvalue weighted by atomic mass is 10.2. The van der Waals surface area contributed by atoms with E-state index in [-0.39, 0.29) is 5.82 Å². The van der Waals surface area contributed by atoms with Crippen molar-refractivity contribution in [3.8, 4) is 0 Å². The molecule has 1 heterocycles. The fourth-order valence-corrected chi connectivity index (χ4v) is 1.62. The molecule has 0 aliphatic heterocycles. The van der Waals surface area contributed by atoms with Crippen LogP contribution < -0.4 is 10.6 Å². The molecular formula is C14H17FN4. The van der Waals surface area contributed by atoms with Crippen LogP contribution in [0.2, 0.25) is 0 Å². The number of nitrogens with zero attached hydrogens (tertiary/aromatic N) is 2. The molecule has 2 aromatic rings. The first kappa shape index (κ1) is 13.3. The molecule has 0 aliphatic rings. The van der Waals surface area contributed by atoms with Crippen LogP contribution in [0.1, 0.15) is 18.9 Å². The number of aromatic nitrogens is 2. The Hall–Kier alpha value is -2.17. The molecule has 1 aromatic carbocycles. The number of anilines is 3. The molecule has 2 rings (SSSR count). The van der Waals surface area contributed by atoms with Crippen LogP contribution in [0.25, 0.3) is 0 Å². The Bertz CT molecular complexity index is 557. The second kappa shape index (κ2) is 6.13. The average molecular weight is 260 g/mol. The van der Waals surface area contributed by atoms with Gasteiger partial charge in [-0.3, -0.25) is 0 Å². The zero-order valence-corrected chi connectivity index (χ0v) is 11.1. The van der Waals surface area contributed by atoms with E-state index < -0.39 is 0 Å². The van der Waals surface area contributed by atoms with Crippen molar-refractivity contribution in [1.82, 2.24) is 9.97 Å². The summed E-state index contributed by atoms with van der Waals surface area (Å²) in [5, 5.41) is 6.05. The molecule has 100 valence electrons. The van der Waals surface area contributed by atoms with Crippen LogP contribution in [0, 0.1) is 12.7 Å². The van der Waals surface area contributed by atoms with Crippen LogP contribution in [0.15, 0.2) is 30.5 Å². The van der Waals surface area contributed by atoms with E-state index in [0.717, 1.165) is 18.5 Å². The van der Waals surface area contributed by atoms with Crippen LogP contribution in [0.5, 0.6) is 0 Å². The van der Waals surface area contributed by atoms with Gasteiger partial charge < -0.3 is 10.6 Å². The average Bonchev–Trinajstić information content (AvgIpc) is 2.41. The molecule has 0 spiro atoms. The molecular weight excluding hydrogens is 243 g/mol. The monoisotopic (exact) mass is 260 g/mol. The van der Waals surface area contributed by atoms with Gasteiger partial charge in [0.15, 0.2) is 0 Å². The lowest BCUT2D eigenvalue weighted by molar-refractivity contribution is 0.631. The molecule has 0 saturated heterocycles. The number of nitrogens with one attached hydrogen (secondary N) is 2. The Kier molecular flexibility index (Phi) is 4.28. The SMILES string of the molecule is CCCNc1nccc(Nc2cc(C)ccc2F)n1.